The van der Waals surface area contributed by atoms with Gasteiger partial charge in [0.05, 0.1) is 0 Å². The van der Waals surface area contributed by atoms with Gasteiger partial charge in [0.25, 0.3) is 0 Å². The van der Waals surface area contributed by atoms with Crippen molar-refractivity contribution in [2.24, 2.45) is 0 Å². The molecule has 0 bridgehead atoms. The van der Waals surface area contributed by atoms with Crippen molar-refractivity contribution in [3.8, 4) is 0 Å². The van der Waals surface area contributed by atoms with Crippen LogP contribution in [0.2, 0.25) is 0 Å². The van der Waals surface area contributed by atoms with E-state index >= 15 is 0 Å². The molecule has 2 aliphatic rings. The van der Waals surface area contributed by atoms with Crippen molar-refractivity contribution >= 4 is 29.2 Å². The number of rotatable bonds is 7. The van der Waals surface area contributed by atoms with Gasteiger partial charge in [-0.25, -0.2) is 4.58 Å². The number of allylic oxidation sites excluding steroid dienone is 12. The molecule has 2 aromatic carbocycles. The zero-order valence-corrected chi connectivity index (χ0v) is 23.8. The van der Waals surface area contributed by atoms with Crippen molar-refractivity contribution in [1.29, 1.82) is 0 Å². The van der Waals surface area contributed by atoms with E-state index in [-0.39, 0.29) is 0 Å². The van der Waals surface area contributed by atoms with Gasteiger partial charge in [0.15, 0.2) is 5.71 Å². The van der Waals surface area contributed by atoms with Gasteiger partial charge in [0.1, 0.15) is 25.6 Å². The lowest BCUT2D eigenvalue weighted by Gasteiger charge is -2.14. The predicted octanol–water partition coefficient (Wildman–Crippen LogP) is 7.04. The van der Waals surface area contributed by atoms with Crippen LogP contribution in [-0.4, -0.2) is 52.6 Å². The topological polar surface area (TPSA) is 18.7 Å². The van der Waals surface area contributed by atoms with Crippen LogP contribution in [0.5, 0.6) is 0 Å². The molecule has 1 heterocycles. The monoisotopic (exact) mass is 516 g/mol. The number of anilines is 2. The smallest absolute Gasteiger partial charge is 0.199 e. The second-order valence-electron chi connectivity index (χ2n) is 10.2. The third kappa shape index (κ3) is 7.96. The third-order valence-corrected chi connectivity index (χ3v) is 6.43. The lowest BCUT2D eigenvalue weighted by molar-refractivity contribution is -0.462. The SMILES string of the molecule is CN(C)c1ccc(/C=C/C2=CC(=C\C=C3C=CC(=[N+](C)C)C=C3)/OC(/C=C/c3ccc(N(C)C)cc3)=C2)cc1. The Morgan fingerprint density at radius 1 is 0.615 bits per heavy atom. The Morgan fingerprint density at radius 2 is 1.15 bits per heavy atom. The van der Waals surface area contributed by atoms with Crippen molar-refractivity contribution in [1.82, 2.24) is 0 Å². The van der Waals surface area contributed by atoms with Gasteiger partial charge in [0.2, 0.25) is 0 Å². The zero-order valence-electron chi connectivity index (χ0n) is 23.8. The van der Waals surface area contributed by atoms with Gasteiger partial charge in [-0.05, 0) is 83.0 Å². The van der Waals surface area contributed by atoms with Crippen molar-refractivity contribution < 1.29 is 9.31 Å². The normalized spacial score (nSPS) is 16.0. The summed E-state index contributed by atoms with van der Waals surface area (Å²) in [4.78, 5) is 4.20. The third-order valence-electron chi connectivity index (χ3n) is 6.43. The Kier molecular flexibility index (Phi) is 9.01. The average Bonchev–Trinajstić information content (AvgIpc) is 2.94. The molecule has 2 aromatic rings. The van der Waals surface area contributed by atoms with E-state index in [1.54, 1.807) is 0 Å². The Hall–Kier alpha value is -4.57. The van der Waals surface area contributed by atoms with Crippen LogP contribution in [0.3, 0.4) is 0 Å². The quantitative estimate of drug-likeness (QED) is 0.368. The van der Waals surface area contributed by atoms with E-state index in [0.717, 1.165) is 33.8 Å². The first-order valence-electron chi connectivity index (χ1n) is 13.1. The van der Waals surface area contributed by atoms with Crippen LogP contribution in [0.4, 0.5) is 11.4 Å². The highest BCUT2D eigenvalue weighted by Crippen LogP contribution is 2.24. The Balaban J connectivity index is 1.58. The highest BCUT2D eigenvalue weighted by atomic mass is 16.5. The predicted molar refractivity (Wildman–Crippen MR) is 168 cm³/mol. The Morgan fingerprint density at radius 3 is 1.67 bits per heavy atom. The van der Waals surface area contributed by atoms with Gasteiger partial charge in [-0.2, -0.15) is 0 Å². The fourth-order valence-electron chi connectivity index (χ4n) is 4.03. The van der Waals surface area contributed by atoms with Crippen LogP contribution in [0.1, 0.15) is 11.1 Å². The van der Waals surface area contributed by atoms with Crippen molar-refractivity contribution in [2.45, 2.75) is 0 Å². The number of hydrogen-bond donors (Lipinski definition) is 0. The summed E-state index contributed by atoms with van der Waals surface area (Å²) in [5.74, 6) is 1.58. The minimum absolute atomic E-state index is 0.791. The standard InChI is InChI=1S/C35H38N3O/c1-36(2)31-17-9-27(10-18-31)7-8-30-25-34(23-15-28-11-19-32(20-12-28)37(3)4)39-35(26-30)24-16-29-13-21-33(22-14-29)38(5)6/h7-26H,1-6H3/q+1. The van der Waals surface area contributed by atoms with Gasteiger partial charge >= 0.3 is 0 Å². The number of ether oxygens (including phenoxy) is 1. The molecule has 4 heteroatoms. The highest BCUT2D eigenvalue weighted by Gasteiger charge is 2.08. The molecule has 0 amide bonds. The fraction of sp³-hybridized carbons (Fsp3) is 0.171. The van der Waals surface area contributed by atoms with E-state index in [2.05, 4.69) is 138 Å². The summed E-state index contributed by atoms with van der Waals surface area (Å²) in [6.07, 6.45) is 25.1. The van der Waals surface area contributed by atoms with Gasteiger partial charge in [-0.1, -0.05) is 48.6 Å². The molecule has 0 N–H and O–H groups in total. The maximum absolute atomic E-state index is 6.25. The van der Waals surface area contributed by atoms with Crippen molar-refractivity contribution in [3.63, 3.8) is 0 Å². The first kappa shape index (κ1) is 27.5. The molecule has 39 heavy (non-hydrogen) atoms. The minimum Gasteiger partial charge on any atom is -0.457 e. The second kappa shape index (κ2) is 12.8. The molecule has 4 rings (SSSR count). The molecule has 0 atom stereocenters. The largest absolute Gasteiger partial charge is 0.457 e. The Labute approximate surface area is 233 Å². The van der Waals surface area contributed by atoms with E-state index in [1.165, 1.54) is 17.1 Å². The summed E-state index contributed by atoms with van der Waals surface area (Å²) in [5.41, 5.74) is 8.00. The van der Waals surface area contributed by atoms with Gasteiger partial charge in [0, 0.05) is 51.7 Å². The summed E-state index contributed by atoms with van der Waals surface area (Å²) >= 11 is 0. The second-order valence-corrected chi connectivity index (χ2v) is 10.2. The maximum Gasteiger partial charge on any atom is 0.199 e. The van der Waals surface area contributed by atoms with Crippen LogP contribution in [0, 0.1) is 0 Å². The van der Waals surface area contributed by atoms with Gasteiger partial charge in [-0.15, -0.1) is 0 Å². The number of hydrogen-bond acceptors (Lipinski definition) is 3. The molecule has 0 aromatic heterocycles. The summed E-state index contributed by atoms with van der Waals surface area (Å²) < 4.78 is 8.35. The van der Waals surface area contributed by atoms with Crippen molar-refractivity contribution in [3.05, 3.63) is 143 Å². The van der Waals surface area contributed by atoms with E-state index in [1.807, 2.05) is 40.3 Å². The van der Waals surface area contributed by atoms with Crippen LogP contribution >= 0.6 is 0 Å². The molecule has 0 unspecified atom stereocenters. The van der Waals surface area contributed by atoms with Crippen LogP contribution < -0.4 is 9.80 Å². The molecule has 0 spiro atoms. The molecule has 0 saturated carbocycles. The minimum atomic E-state index is 0.791. The maximum atomic E-state index is 6.25. The summed E-state index contributed by atoms with van der Waals surface area (Å²) in [6.45, 7) is 0. The van der Waals surface area contributed by atoms with Crippen LogP contribution in [0.15, 0.2) is 132 Å². The van der Waals surface area contributed by atoms with E-state index in [4.69, 9.17) is 4.74 Å². The molecule has 1 aliphatic heterocycles. The van der Waals surface area contributed by atoms with E-state index in [9.17, 15) is 0 Å². The molecule has 0 fully saturated rings. The lowest BCUT2D eigenvalue weighted by Crippen LogP contribution is -2.09. The molecular formula is C35H38N3O+. The Bertz CT molecular complexity index is 1430. The van der Waals surface area contributed by atoms with E-state index < -0.39 is 0 Å². The first-order valence-corrected chi connectivity index (χ1v) is 13.1. The molecule has 0 radical (unpaired) electrons. The van der Waals surface area contributed by atoms with E-state index in [0.29, 0.717) is 0 Å². The van der Waals surface area contributed by atoms with Gasteiger partial charge in [-0.3, -0.25) is 0 Å². The number of benzene rings is 2. The van der Waals surface area contributed by atoms with Crippen LogP contribution in [0.25, 0.3) is 12.2 Å². The molecule has 1 aliphatic carbocycles. The first-order chi connectivity index (χ1) is 18.8. The van der Waals surface area contributed by atoms with Crippen LogP contribution in [-0.2, 0) is 4.74 Å². The fourth-order valence-corrected chi connectivity index (χ4v) is 4.03. The van der Waals surface area contributed by atoms with Gasteiger partial charge < -0.3 is 14.5 Å². The zero-order chi connectivity index (χ0) is 27.8. The lowest BCUT2D eigenvalue weighted by atomic mass is 10.1. The summed E-state index contributed by atoms with van der Waals surface area (Å²) in [6, 6.07) is 17.0. The molecule has 198 valence electrons. The summed E-state index contributed by atoms with van der Waals surface area (Å²) in [7, 11) is 12.3. The number of nitrogens with zero attached hydrogens (tertiary/aromatic N) is 3. The average molecular weight is 517 g/mol. The van der Waals surface area contributed by atoms with Crippen molar-refractivity contribution in [2.75, 3.05) is 52.1 Å². The highest BCUT2D eigenvalue weighted by molar-refractivity contribution is 6.02. The molecule has 4 nitrogen and oxygen atoms in total. The molecule has 0 saturated heterocycles. The summed E-state index contributed by atoms with van der Waals surface area (Å²) in [5, 5.41) is 0. The molecular weight excluding hydrogens is 478 g/mol.